The average molecular weight is 242 g/mol. The normalized spacial score (nSPS) is 10.5. The van der Waals surface area contributed by atoms with E-state index in [9.17, 15) is 13.6 Å². The van der Waals surface area contributed by atoms with Gasteiger partial charge in [0.15, 0.2) is 0 Å². The van der Waals surface area contributed by atoms with Crippen LogP contribution in [-0.2, 0) is 16.0 Å². The van der Waals surface area contributed by atoms with E-state index in [4.69, 9.17) is 4.74 Å². The second-order valence-electron chi connectivity index (χ2n) is 3.72. The molecule has 0 spiro atoms. The van der Waals surface area contributed by atoms with Crippen LogP contribution >= 0.6 is 0 Å². The Morgan fingerprint density at radius 1 is 1.29 bits per heavy atom. The Labute approximate surface area is 99.6 Å². The number of carbonyl (C=O) groups is 1. The molecule has 0 aliphatic carbocycles. The van der Waals surface area contributed by atoms with Crippen LogP contribution in [0.15, 0.2) is 18.2 Å². The van der Waals surface area contributed by atoms with E-state index in [1.807, 2.05) is 6.92 Å². The monoisotopic (exact) mass is 242 g/mol. The van der Waals surface area contributed by atoms with Gasteiger partial charge in [-0.1, -0.05) is 6.07 Å². The van der Waals surface area contributed by atoms with Crippen LogP contribution in [0.4, 0.5) is 8.78 Å². The van der Waals surface area contributed by atoms with Crippen LogP contribution in [0.2, 0.25) is 0 Å². The second-order valence-corrected chi connectivity index (χ2v) is 3.72. The van der Waals surface area contributed by atoms with Crippen LogP contribution in [0.3, 0.4) is 0 Å². The summed E-state index contributed by atoms with van der Waals surface area (Å²) in [7, 11) is 0. The lowest BCUT2D eigenvalue weighted by molar-refractivity contribution is -0.118. The van der Waals surface area contributed by atoms with Crippen molar-refractivity contribution in [2.45, 2.75) is 26.2 Å². The van der Waals surface area contributed by atoms with Gasteiger partial charge in [-0.25, -0.2) is 8.78 Å². The molecule has 2 nitrogen and oxygen atoms in total. The molecule has 0 saturated heterocycles. The fourth-order valence-electron chi connectivity index (χ4n) is 1.50. The van der Waals surface area contributed by atoms with E-state index in [1.54, 1.807) is 0 Å². The predicted molar refractivity (Wildman–Crippen MR) is 60.8 cm³/mol. The van der Waals surface area contributed by atoms with Crippen LogP contribution in [-0.4, -0.2) is 19.0 Å². The Hall–Kier alpha value is -1.29. The van der Waals surface area contributed by atoms with E-state index < -0.39 is 11.6 Å². The van der Waals surface area contributed by atoms with Gasteiger partial charge in [-0.2, -0.15) is 0 Å². The molecule has 0 aliphatic heterocycles. The van der Waals surface area contributed by atoms with Crippen molar-refractivity contribution in [1.29, 1.82) is 0 Å². The van der Waals surface area contributed by atoms with Gasteiger partial charge in [-0.15, -0.1) is 0 Å². The molecule has 1 aromatic rings. The maximum absolute atomic E-state index is 13.2. The third-order valence-electron chi connectivity index (χ3n) is 2.38. The van der Waals surface area contributed by atoms with Gasteiger partial charge in [0.25, 0.3) is 0 Å². The zero-order chi connectivity index (χ0) is 12.7. The van der Waals surface area contributed by atoms with Crippen LogP contribution in [0, 0.1) is 11.6 Å². The van der Waals surface area contributed by atoms with Gasteiger partial charge >= 0.3 is 0 Å². The first-order valence-electron chi connectivity index (χ1n) is 5.67. The largest absolute Gasteiger partial charge is 0.382 e. The molecule has 0 heterocycles. The van der Waals surface area contributed by atoms with Crippen molar-refractivity contribution < 1.29 is 18.3 Å². The van der Waals surface area contributed by atoms with E-state index >= 15 is 0 Å². The molecule has 17 heavy (non-hydrogen) atoms. The quantitative estimate of drug-likeness (QED) is 0.687. The highest BCUT2D eigenvalue weighted by atomic mass is 19.1. The average Bonchev–Trinajstić information content (AvgIpc) is 2.30. The first kappa shape index (κ1) is 13.8. The maximum atomic E-state index is 13.2. The zero-order valence-corrected chi connectivity index (χ0v) is 9.84. The van der Waals surface area contributed by atoms with E-state index in [-0.39, 0.29) is 24.2 Å². The molecule has 1 aromatic carbocycles. The molecule has 0 atom stereocenters. The van der Waals surface area contributed by atoms with Crippen molar-refractivity contribution in [3.05, 3.63) is 35.4 Å². The third-order valence-corrected chi connectivity index (χ3v) is 2.38. The summed E-state index contributed by atoms with van der Waals surface area (Å²) in [5, 5.41) is 0. The summed E-state index contributed by atoms with van der Waals surface area (Å²) in [5.74, 6) is -1.50. The molecule has 0 aromatic heterocycles. The van der Waals surface area contributed by atoms with Crippen LogP contribution in [0.25, 0.3) is 0 Å². The number of halogens is 2. The number of Topliss-reactive ketones (excluding diaryl/α,β-unsaturated/α-hetero) is 1. The van der Waals surface area contributed by atoms with Gasteiger partial charge in [0.05, 0.1) is 0 Å². The Bertz CT molecular complexity index is 357. The molecule has 0 bridgehead atoms. The first-order chi connectivity index (χ1) is 8.15. The van der Waals surface area contributed by atoms with Gasteiger partial charge in [-0.05, 0) is 25.5 Å². The minimum atomic E-state index is -0.664. The lowest BCUT2D eigenvalue weighted by atomic mass is 10.0. The second kappa shape index (κ2) is 7.12. The Morgan fingerprint density at radius 2 is 1.94 bits per heavy atom. The summed E-state index contributed by atoms with van der Waals surface area (Å²) in [6.07, 6.45) is 0.682. The molecule has 0 saturated carbocycles. The number of ether oxygens (including phenoxy) is 1. The highest BCUT2D eigenvalue weighted by Gasteiger charge is 2.12. The van der Waals surface area contributed by atoms with Crippen molar-refractivity contribution in [3.8, 4) is 0 Å². The molecular formula is C13H16F2O2. The van der Waals surface area contributed by atoms with Crippen molar-refractivity contribution in [2.24, 2.45) is 0 Å². The highest BCUT2D eigenvalue weighted by molar-refractivity contribution is 5.80. The zero-order valence-electron chi connectivity index (χ0n) is 9.84. The fraction of sp³-hybridized carbons (Fsp3) is 0.462. The smallest absolute Gasteiger partial charge is 0.137 e. The van der Waals surface area contributed by atoms with Crippen LogP contribution < -0.4 is 0 Å². The summed E-state index contributed by atoms with van der Waals surface area (Å²) >= 11 is 0. The minimum absolute atomic E-state index is 0.145. The van der Waals surface area contributed by atoms with Crippen molar-refractivity contribution >= 4 is 5.78 Å². The maximum Gasteiger partial charge on any atom is 0.137 e. The summed E-state index contributed by atoms with van der Waals surface area (Å²) in [6.45, 7) is 2.98. The molecule has 0 N–H and O–H groups in total. The lowest BCUT2D eigenvalue weighted by Crippen LogP contribution is -2.08. The molecule has 1 rings (SSSR count). The Balaban J connectivity index is 2.45. The summed E-state index contributed by atoms with van der Waals surface area (Å²) < 4.78 is 31.6. The van der Waals surface area contributed by atoms with Gasteiger partial charge in [0, 0.05) is 31.6 Å². The topological polar surface area (TPSA) is 26.3 Å². The highest BCUT2D eigenvalue weighted by Crippen LogP contribution is 2.13. The number of benzene rings is 1. The molecule has 0 aliphatic rings. The van der Waals surface area contributed by atoms with Gasteiger partial charge < -0.3 is 4.74 Å². The molecule has 0 radical (unpaired) electrons. The summed E-state index contributed by atoms with van der Waals surface area (Å²) in [6, 6.07) is 3.60. The molecule has 94 valence electrons. The van der Waals surface area contributed by atoms with Gasteiger partial charge in [0.1, 0.15) is 17.4 Å². The summed E-state index contributed by atoms with van der Waals surface area (Å²) in [5.41, 5.74) is -0.145. The number of carbonyl (C=O) groups excluding carboxylic acids is 1. The van der Waals surface area contributed by atoms with Crippen molar-refractivity contribution in [1.82, 2.24) is 0 Å². The predicted octanol–water partition coefficient (Wildman–Crippen LogP) is 2.89. The summed E-state index contributed by atoms with van der Waals surface area (Å²) in [4.78, 5) is 11.5. The molecular weight excluding hydrogens is 226 g/mol. The fourth-order valence-corrected chi connectivity index (χ4v) is 1.50. The van der Waals surface area contributed by atoms with Crippen LogP contribution in [0.1, 0.15) is 25.3 Å². The standard InChI is InChI=1S/C13H16F2O2/c1-2-17-8-4-5-10(16)9-11-12(14)6-3-7-13(11)15/h3,6-7H,2,4-5,8-9H2,1H3. The Kier molecular flexibility index (Phi) is 5.77. The number of ketones is 1. The van der Waals surface area contributed by atoms with E-state index in [0.29, 0.717) is 19.6 Å². The van der Waals surface area contributed by atoms with Gasteiger partial charge in [-0.3, -0.25) is 4.79 Å². The van der Waals surface area contributed by atoms with Crippen molar-refractivity contribution in [3.63, 3.8) is 0 Å². The molecule has 0 amide bonds. The SMILES string of the molecule is CCOCCCC(=O)Cc1c(F)cccc1F. The Morgan fingerprint density at radius 3 is 2.53 bits per heavy atom. The van der Waals surface area contributed by atoms with Gasteiger partial charge in [0.2, 0.25) is 0 Å². The number of hydrogen-bond acceptors (Lipinski definition) is 2. The third kappa shape index (κ3) is 4.61. The van der Waals surface area contributed by atoms with E-state index in [0.717, 1.165) is 12.1 Å². The van der Waals surface area contributed by atoms with Crippen LogP contribution in [0.5, 0.6) is 0 Å². The minimum Gasteiger partial charge on any atom is -0.382 e. The van der Waals surface area contributed by atoms with E-state index in [2.05, 4.69) is 0 Å². The van der Waals surface area contributed by atoms with Crippen molar-refractivity contribution in [2.75, 3.05) is 13.2 Å². The molecule has 4 heteroatoms. The number of hydrogen-bond donors (Lipinski definition) is 0. The first-order valence-corrected chi connectivity index (χ1v) is 5.67. The number of rotatable bonds is 7. The molecule has 0 unspecified atom stereocenters. The molecule has 0 fully saturated rings. The lowest BCUT2D eigenvalue weighted by Gasteiger charge is -2.04. The van der Waals surface area contributed by atoms with E-state index in [1.165, 1.54) is 6.07 Å².